The lowest BCUT2D eigenvalue weighted by Gasteiger charge is -2.43. The summed E-state index contributed by atoms with van der Waals surface area (Å²) in [6.07, 6.45) is 4.78. The van der Waals surface area contributed by atoms with Crippen LogP contribution in [-0.2, 0) is 7.05 Å². The fourth-order valence-corrected chi connectivity index (χ4v) is 7.80. The van der Waals surface area contributed by atoms with Crippen molar-refractivity contribution in [2.75, 3.05) is 18.0 Å². The fraction of sp³-hybridized carbons (Fsp3) is 0.351. The van der Waals surface area contributed by atoms with Crippen LogP contribution >= 0.6 is 0 Å². The molecule has 0 atom stereocenters. The zero-order chi connectivity index (χ0) is 29.7. The number of benzene rings is 3. The second kappa shape index (κ2) is 9.85. The molecule has 0 saturated carbocycles. The van der Waals surface area contributed by atoms with E-state index in [4.69, 9.17) is 9.72 Å². The number of aryl methyl sites for hydroxylation is 1. The average Bonchev–Trinajstić information content (AvgIpc) is 3.25. The quantitative estimate of drug-likeness (QED) is 0.300. The maximum Gasteiger partial charge on any atom is 0.211 e. The van der Waals surface area contributed by atoms with Gasteiger partial charge < -0.3 is 26.6 Å². The summed E-state index contributed by atoms with van der Waals surface area (Å²) in [4.78, 5) is 7.70. The zero-order valence-electron chi connectivity index (χ0n) is 26.8. The first kappa shape index (κ1) is 29.3. The minimum absolute atomic E-state index is 0. The Morgan fingerprint density at radius 3 is 2.28 bits per heavy atom. The van der Waals surface area contributed by atoms with Crippen LogP contribution in [0.25, 0.3) is 27.8 Å². The van der Waals surface area contributed by atoms with Gasteiger partial charge in [-0.25, -0.2) is 9.56 Å². The monoisotopic (exact) mass is 592 g/mol. The SMILES string of the molecule is CCN1c2cc3c(cc2C(C)=CC1(C)C)C(c1nc2ccccc2n1C)=c1cc2c(cc1O3)=[N+](CC)C(C)(C)C=C2C.[Cl-]. The van der Waals surface area contributed by atoms with Gasteiger partial charge >= 0.3 is 0 Å². The summed E-state index contributed by atoms with van der Waals surface area (Å²) < 4.78 is 11.6. The van der Waals surface area contributed by atoms with Crippen LogP contribution < -0.4 is 37.2 Å². The van der Waals surface area contributed by atoms with E-state index >= 15 is 0 Å². The number of ether oxygens (including phenoxy) is 1. The first-order valence-electron chi connectivity index (χ1n) is 15.2. The van der Waals surface area contributed by atoms with Gasteiger partial charge in [-0.2, -0.15) is 0 Å². The first-order valence-corrected chi connectivity index (χ1v) is 15.2. The standard InChI is InChI=1S/C37H41N4O.ClH/c1-10-40-30-18-32-26(16-24(30)22(3)20-36(40,5)6)34(35-38-28-14-12-13-15-29(28)39(35)9)27-17-25-23(4)21-37(7,8)41(11-2)31(25)19-33(27)42-32;/h12-21H,10-11H2,1-9H3;1H/q+1;/p-1. The molecule has 0 N–H and O–H groups in total. The predicted molar refractivity (Wildman–Crippen MR) is 175 cm³/mol. The van der Waals surface area contributed by atoms with E-state index in [1.54, 1.807) is 0 Å². The van der Waals surface area contributed by atoms with Gasteiger partial charge in [0, 0.05) is 66.7 Å². The van der Waals surface area contributed by atoms with Crippen LogP contribution in [-0.4, -0.2) is 33.7 Å². The third kappa shape index (κ3) is 4.19. The van der Waals surface area contributed by atoms with Gasteiger partial charge in [-0.3, -0.25) is 0 Å². The van der Waals surface area contributed by atoms with Crippen molar-refractivity contribution in [3.8, 4) is 11.5 Å². The molecule has 0 saturated heterocycles. The highest BCUT2D eigenvalue weighted by Crippen LogP contribution is 2.46. The summed E-state index contributed by atoms with van der Waals surface area (Å²) in [6, 6.07) is 17.6. The minimum Gasteiger partial charge on any atom is -1.00 e. The van der Waals surface area contributed by atoms with Crippen molar-refractivity contribution in [1.82, 2.24) is 14.1 Å². The largest absolute Gasteiger partial charge is 1.00 e. The smallest absolute Gasteiger partial charge is 0.211 e. The van der Waals surface area contributed by atoms with E-state index in [1.165, 1.54) is 33.3 Å². The zero-order valence-corrected chi connectivity index (χ0v) is 27.5. The number of para-hydroxylation sites is 2. The van der Waals surface area contributed by atoms with Crippen LogP contribution in [0, 0.1) is 0 Å². The molecular weight excluding hydrogens is 552 g/mol. The molecule has 3 aliphatic heterocycles. The molecule has 3 aromatic carbocycles. The van der Waals surface area contributed by atoms with Gasteiger partial charge in [-0.15, -0.1) is 0 Å². The van der Waals surface area contributed by atoms with Gasteiger partial charge in [0.05, 0.1) is 22.6 Å². The molecule has 4 aromatic rings. The lowest BCUT2D eigenvalue weighted by Crippen LogP contribution is -3.00. The number of fused-ring (bicyclic) bond motifs is 5. The van der Waals surface area contributed by atoms with E-state index in [-0.39, 0.29) is 23.5 Å². The number of allylic oxidation sites excluding steroid dienone is 2. The number of imidazole rings is 1. The van der Waals surface area contributed by atoms with Crippen molar-refractivity contribution in [3.05, 3.63) is 93.8 Å². The predicted octanol–water partition coefficient (Wildman–Crippen LogP) is 3.66. The Bertz CT molecular complexity index is 2030. The van der Waals surface area contributed by atoms with Crippen LogP contribution in [0.3, 0.4) is 0 Å². The van der Waals surface area contributed by atoms with Gasteiger partial charge in [-0.1, -0.05) is 18.2 Å². The molecule has 0 spiro atoms. The van der Waals surface area contributed by atoms with Gasteiger partial charge in [-0.05, 0) is 83.0 Å². The highest BCUT2D eigenvalue weighted by Gasteiger charge is 2.36. The number of hydrogen-bond donors (Lipinski definition) is 0. The van der Waals surface area contributed by atoms with Crippen molar-refractivity contribution in [3.63, 3.8) is 0 Å². The second-order valence-electron chi connectivity index (χ2n) is 13.1. The lowest BCUT2D eigenvalue weighted by molar-refractivity contribution is -0.00000997. The van der Waals surface area contributed by atoms with Crippen LogP contribution in [0.5, 0.6) is 11.5 Å². The van der Waals surface area contributed by atoms with Crippen molar-refractivity contribution in [2.24, 2.45) is 7.05 Å². The van der Waals surface area contributed by atoms with Crippen LogP contribution in [0.1, 0.15) is 77.9 Å². The molecule has 222 valence electrons. The van der Waals surface area contributed by atoms with Gasteiger partial charge in [0.2, 0.25) is 5.36 Å². The number of rotatable bonds is 3. The molecule has 6 heteroatoms. The number of aromatic nitrogens is 2. The Hall–Kier alpha value is -3.83. The minimum atomic E-state index is -0.0767. The number of hydrogen-bond acceptors (Lipinski definition) is 3. The molecule has 0 fully saturated rings. The molecule has 0 radical (unpaired) electrons. The summed E-state index contributed by atoms with van der Waals surface area (Å²) >= 11 is 0. The Labute approximate surface area is 260 Å². The number of likely N-dealkylation sites (N-methyl/N-ethyl adjacent to an activating group) is 2. The van der Waals surface area contributed by atoms with E-state index in [9.17, 15) is 0 Å². The van der Waals surface area contributed by atoms with Gasteiger partial charge in [0.15, 0.2) is 5.54 Å². The first-order chi connectivity index (χ1) is 19.9. The average molecular weight is 593 g/mol. The molecular formula is C37H41ClN4O. The van der Waals surface area contributed by atoms with Crippen LogP contribution in [0.4, 0.5) is 5.69 Å². The molecule has 4 heterocycles. The highest BCUT2D eigenvalue weighted by molar-refractivity contribution is 5.92. The molecule has 3 aliphatic rings. The summed E-state index contributed by atoms with van der Waals surface area (Å²) in [5.74, 6) is 2.73. The van der Waals surface area contributed by atoms with Crippen LogP contribution in [0.15, 0.2) is 60.7 Å². The number of nitrogens with zero attached hydrogens (tertiary/aromatic N) is 4. The third-order valence-electron chi connectivity index (χ3n) is 9.56. The summed E-state index contributed by atoms with van der Waals surface area (Å²) in [6.45, 7) is 19.9. The molecule has 5 nitrogen and oxygen atoms in total. The molecule has 0 bridgehead atoms. The Morgan fingerprint density at radius 1 is 0.860 bits per heavy atom. The lowest BCUT2D eigenvalue weighted by atomic mass is 9.85. The van der Waals surface area contributed by atoms with E-state index in [1.807, 2.05) is 0 Å². The Morgan fingerprint density at radius 2 is 1.58 bits per heavy atom. The van der Waals surface area contributed by atoms with E-state index in [0.717, 1.165) is 57.8 Å². The molecule has 1 aromatic heterocycles. The maximum atomic E-state index is 6.92. The van der Waals surface area contributed by atoms with Gasteiger partial charge in [0.1, 0.15) is 23.9 Å². The Balaban J connectivity index is 0.00000329. The number of halogens is 1. The van der Waals surface area contributed by atoms with Gasteiger partial charge in [0.25, 0.3) is 0 Å². The van der Waals surface area contributed by atoms with Crippen LogP contribution in [0.2, 0.25) is 0 Å². The second-order valence-corrected chi connectivity index (χ2v) is 13.1. The summed E-state index contributed by atoms with van der Waals surface area (Å²) in [5, 5.41) is 2.32. The highest BCUT2D eigenvalue weighted by atomic mass is 35.5. The third-order valence-corrected chi connectivity index (χ3v) is 9.56. The normalized spacial score (nSPS) is 17.7. The molecule has 0 unspecified atom stereocenters. The molecule has 0 amide bonds. The number of anilines is 1. The summed E-state index contributed by atoms with van der Waals surface area (Å²) in [5.41, 5.74) is 10.5. The topological polar surface area (TPSA) is 33.3 Å². The van der Waals surface area contributed by atoms with E-state index in [0.29, 0.717) is 0 Å². The van der Waals surface area contributed by atoms with Crippen molar-refractivity contribution < 1.29 is 17.1 Å². The van der Waals surface area contributed by atoms with E-state index in [2.05, 4.69) is 137 Å². The van der Waals surface area contributed by atoms with Crippen molar-refractivity contribution in [1.29, 1.82) is 0 Å². The summed E-state index contributed by atoms with van der Waals surface area (Å²) in [7, 11) is 2.13. The van der Waals surface area contributed by atoms with Crippen molar-refractivity contribution >= 4 is 33.4 Å². The molecule has 43 heavy (non-hydrogen) atoms. The fourth-order valence-electron chi connectivity index (χ4n) is 7.80. The van der Waals surface area contributed by atoms with Crippen molar-refractivity contribution in [2.45, 2.75) is 66.5 Å². The molecule has 0 aliphatic carbocycles. The molecule has 7 rings (SSSR count). The Kier molecular flexibility index (Phi) is 6.70. The maximum absolute atomic E-state index is 6.92. The van der Waals surface area contributed by atoms with E-state index < -0.39 is 0 Å².